The van der Waals surface area contributed by atoms with Crippen LogP contribution < -0.4 is 5.32 Å². The van der Waals surface area contributed by atoms with Gasteiger partial charge < -0.3 is 10.4 Å². The summed E-state index contributed by atoms with van der Waals surface area (Å²) in [5.41, 5.74) is 1.66. The molecule has 0 spiro atoms. The van der Waals surface area contributed by atoms with Crippen molar-refractivity contribution < 1.29 is 9.90 Å². The lowest BCUT2D eigenvalue weighted by Gasteiger charge is -2.36. The van der Waals surface area contributed by atoms with Gasteiger partial charge in [0.15, 0.2) is 0 Å². The molecule has 0 unspecified atom stereocenters. The van der Waals surface area contributed by atoms with Crippen LogP contribution in [0, 0.1) is 0 Å². The fourth-order valence-corrected chi connectivity index (χ4v) is 2.17. The Hall–Kier alpha value is -1.35. The summed E-state index contributed by atoms with van der Waals surface area (Å²) in [5.74, 6) is -0.0143. The summed E-state index contributed by atoms with van der Waals surface area (Å²) in [6, 6.07) is 8.11. The molecule has 1 amide bonds. The van der Waals surface area contributed by atoms with Gasteiger partial charge >= 0.3 is 0 Å². The van der Waals surface area contributed by atoms with Gasteiger partial charge in [0.1, 0.15) is 0 Å². The summed E-state index contributed by atoms with van der Waals surface area (Å²) in [6.45, 7) is 2.50. The summed E-state index contributed by atoms with van der Waals surface area (Å²) >= 11 is 0. The topological polar surface area (TPSA) is 49.3 Å². The first kappa shape index (κ1) is 13.1. The van der Waals surface area contributed by atoms with Crippen molar-refractivity contribution in [2.75, 3.05) is 6.54 Å². The summed E-state index contributed by atoms with van der Waals surface area (Å²) in [7, 11) is 0. The fraction of sp³-hybridized carbons (Fsp3) is 0.533. The van der Waals surface area contributed by atoms with E-state index in [1.54, 1.807) is 0 Å². The lowest BCUT2D eigenvalue weighted by atomic mass is 9.80. The number of aryl methyl sites for hydroxylation is 1. The van der Waals surface area contributed by atoms with Crippen molar-refractivity contribution in [3.8, 4) is 0 Å². The normalized spacial score (nSPS) is 17.0. The molecule has 1 aliphatic carbocycles. The second-order valence-electron chi connectivity index (χ2n) is 5.20. The van der Waals surface area contributed by atoms with Crippen molar-refractivity contribution in [1.29, 1.82) is 0 Å². The largest absolute Gasteiger partial charge is 0.388 e. The minimum absolute atomic E-state index is 0.0143. The maximum absolute atomic E-state index is 11.7. The molecule has 0 bridgehead atoms. The van der Waals surface area contributed by atoms with Crippen LogP contribution in [0.1, 0.15) is 37.3 Å². The molecule has 2 rings (SSSR count). The van der Waals surface area contributed by atoms with E-state index < -0.39 is 5.60 Å². The van der Waals surface area contributed by atoms with Gasteiger partial charge in [-0.3, -0.25) is 4.79 Å². The van der Waals surface area contributed by atoms with Gasteiger partial charge in [-0.05, 0) is 36.8 Å². The molecular formula is C15H21NO2. The number of rotatable bonds is 5. The van der Waals surface area contributed by atoms with E-state index in [-0.39, 0.29) is 5.91 Å². The van der Waals surface area contributed by atoms with E-state index in [1.165, 1.54) is 5.56 Å². The molecule has 0 aliphatic heterocycles. The van der Waals surface area contributed by atoms with Crippen LogP contribution in [0.15, 0.2) is 24.3 Å². The molecule has 2 N–H and O–H groups in total. The molecule has 3 nitrogen and oxygen atoms in total. The molecule has 0 atom stereocenters. The lowest BCUT2D eigenvalue weighted by molar-refractivity contribution is -0.122. The third kappa shape index (κ3) is 3.33. The molecular weight excluding hydrogens is 226 g/mol. The second kappa shape index (κ2) is 5.53. The number of aliphatic hydroxyl groups is 1. The van der Waals surface area contributed by atoms with E-state index in [1.807, 2.05) is 12.1 Å². The van der Waals surface area contributed by atoms with Gasteiger partial charge in [0.25, 0.3) is 0 Å². The highest BCUT2D eigenvalue weighted by atomic mass is 16.3. The van der Waals surface area contributed by atoms with E-state index in [2.05, 4.69) is 24.4 Å². The highest BCUT2D eigenvalue weighted by Crippen LogP contribution is 2.30. The van der Waals surface area contributed by atoms with Crippen molar-refractivity contribution in [3.05, 3.63) is 35.4 Å². The SMILES string of the molecule is CCc1ccc(CC(=O)NCC2(O)CCC2)cc1. The zero-order chi connectivity index (χ0) is 13.0. The second-order valence-corrected chi connectivity index (χ2v) is 5.20. The maximum atomic E-state index is 11.7. The smallest absolute Gasteiger partial charge is 0.224 e. The lowest BCUT2D eigenvalue weighted by Crippen LogP contribution is -2.48. The predicted octanol–water partition coefficient (Wildman–Crippen LogP) is 1.82. The summed E-state index contributed by atoms with van der Waals surface area (Å²) in [6.07, 6.45) is 4.07. The van der Waals surface area contributed by atoms with E-state index >= 15 is 0 Å². The molecule has 18 heavy (non-hydrogen) atoms. The van der Waals surface area contributed by atoms with Gasteiger partial charge in [-0.2, -0.15) is 0 Å². The van der Waals surface area contributed by atoms with Gasteiger partial charge in [0, 0.05) is 6.54 Å². The number of hydrogen-bond acceptors (Lipinski definition) is 2. The van der Waals surface area contributed by atoms with Crippen LogP contribution in [-0.2, 0) is 17.6 Å². The molecule has 1 aromatic rings. The Labute approximate surface area is 108 Å². The van der Waals surface area contributed by atoms with Crippen LogP contribution in [0.4, 0.5) is 0 Å². The molecule has 1 fully saturated rings. The van der Waals surface area contributed by atoms with Crippen molar-refractivity contribution in [3.63, 3.8) is 0 Å². The third-order valence-electron chi connectivity index (χ3n) is 3.69. The Kier molecular flexibility index (Phi) is 4.02. The minimum Gasteiger partial charge on any atom is -0.388 e. The molecule has 0 heterocycles. The van der Waals surface area contributed by atoms with Crippen LogP contribution in [0.3, 0.4) is 0 Å². The Morgan fingerprint density at radius 2 is 1.89 bits per heavy atom. The summed E-state index contributed by atoms with van der Waals surface area (Å²) < 4.78 is 0. The molecule has 0 aromatic heterocycles. The average Bonchev–Trinajstić information content (AvgIpc) is 2.35. The molecule has 98 valence electrons. The Bertz CT molecular complexity index is 407. The highest BCUT2D eigenvalue weighted by Gasteiger charge is 2.34. The molecule has 0 radical (unpaired) electrons. The first-order chi connectivity index (χ1) is 8.61. The van der Waals surface area contributed by atoms with Crippen molar-refractivity contribution in [2.24, 2.45) is 0 Å². The molecule has 0 saturated heterocycles. The fourth-order valence-electron chi connectivity index (χ4n) is 2.17. The monoisotopic (exact) mass is 247 g/mol. The van der Waals surface area contributed by atoms with E-state index in [0.29, 0.717) is 13.0 Å². The number of carbonyl (C=O) groups is 1. The number of amides is 1. The quantitative estimate of drug-likeness (QED) is 0.834. The van der Waals surface area contributed by atoms with Crippen LogP contribution in [-0.4, -0.2) is 23.2 Å². The van der Waals surface area contributed by atoms with Gasteiger partial charge in [0.05, 0.1) is 12.0 Å². The first-order valence-corrected chi connectivity index (χ1v) is 6.68. The van der Waals surface area contributed by atoms with Crippen LogP contribution in [0.25, 0.3) is 0 Å². The Balaban J connectivity index is 1.79. The molecule has 3 heteroatoms. The summed E-state index contributed by atoms with van der Waals surface area (Å²) in [5, 5.41) is 12.7. The number of nitrogens with one attached hydrogen (secondary N) is 1. The third-order valence-corrected chi connectivity index (χ3v) is 3.69. The standard InChI is InChI=1S/C15H21NO2/c1-2-12-4-6-13(7-5-12)10-14(17)16-11-15(18)8-3-9-15/h4-7,18H,2-3,8-11H2,1H3,(H,16,17). The highest BCUT2D eigenvalue weighted by molar-refractivity contribution is 5.78. The minimum atomic E-state index is -0.637. The molecule has 1 aromatic carbocycles. The van der Waals surface area contributed by atoms with Gasteiger partial charge in [0.2, 0.25) is 5.91 Å². The zero-order valence-electron chi connectivity index (χ0n) is 10.9. The summed E-state index contributed by atoms with van der Waals surface area (Å²) in [4.78, 5) is 11.7. The maximum Gasteiger partial charge on any atom is 0.224 e. The van der Waals surface area contributed by atoms with Crippen molar-refractivity contribution in [1.82, 2.24) is 5.32 Å². The van der Waals surface area contributed by atoms with Gasteiger partial charge in [-0.25, -0.2) is 0 Å². The van der Waals surface area contributed by atoms with E-state index in [0.717, 1.165) is 31.2 Å². The van der Waals surface area contributed by atoms with Crippen molar-refractivity contribution in [2.45, 2.75) is 44.6 Å². The molecule has 1 saturated carbocycles. The molecule has 1 aliphatic rings. The van der Waals surface area contributed by atoms with E-state index in [9.17, 15) is 9.90 Å². The van der Waals surface area contributed by atoms with Crippen LogP contribution in [0.2, 0.25) is 0 Å². The predicted molar refractivity (Wildman–Crippen MR) is 71.3 cm³/mol. The number of hydrogen-bond donors (Lipinski definition) is 2. The van der Waals surface area contributed by atoms with Crippen LogP contribution in [0.5, 0.6) is 0 Å². The number of benzene rings is 1. The van der Waals surface area contributed by atoms with Crippen molar-refractivity contribution >= 4 is 5.91 Å². The zero-order valence-corrected chi connectivity index (χ0v) is 10.9. The van der Waals surface area contributed by atoms with Gasteiger partial charge in [-0.1, -0.05) is 31.2 Å². The van der Waals surface area contributed by atoms with Crippen LogP contribution >= 0.6 is 0 Å². The Morgan fingerprint density at radius 1 is 1.28 bits per heavy atom. The number of carbonyl (C=O) groups excluding carboxylic acids is 1. The van der Waals surface area contributed by atoms with E-state index in [4.69, 9.17) is 0 Å². The van der Waals surface area contributed by atoms with Gasteiger partial charge in [-0.15, -0.1) is 0 Å². The average molecular weight is 247 g/mol. The first-order valence-electron chi connectivity index (χ1n) is 6.68. The Morgan fingerprint density at radius 3 is 2.39 bits per heavy atom.